The molecule has 0 amide bonds. The summed E-state index contributed by atoms with van der Waals surface area (Å²) in [4.78, 5) is 2.62. The van der Waals surface area contributed by atoms with Crippen LogP contribution in [0.25, 0.3) is 0 Å². The summed E-state index contributed by atoms with van der Waals surface area (Å²) in [6.07, 6.45) is 3.68. The highest BCUT2D eigenvalue weighted by atomic mass is 16.5. The number of hydrogen-bond donors (Lipinski definition) is 0. The van der Waals surface area contributed by atoms with Gasteiger partial charge in [0, 0.05) is 25.0 Å². The largest absolute Gasteiger partial charge is 0.493 e. The Bertz CT molecular complexity index is 960. The quantitative estimate of drug-likeness (QED) is 0.577. The fraction of sp³-hybridized carbons (Fsp3) is 0.714. The van der Waals surface area contributed by atoms with Crippen molar-refractivity contribution in [2.24, 2.45) is 29.6 Å². The third-order valence-electron chi connectivity index (χ3n) is 9.19. The molecule has 0 aromatic heterocycles. The molecule has 3 aliphatic carbocycles. The van der Waals surface area contributed by atoms with Crippen LogP contribution in [-0.4, -0.2) is 43.4 Å². The van der Waals surface area contributed by atoms with Crippen molar-refractivity contribution >= 4 is 0 Å². The van der Waals surface area contributed by atoms with Gasteiger partial charge < -0.3 is 14.2 Å². The minimum atomic E-state index is -0.0760. The summed E-state index contributed by atoms with van der Waals surface area (Å²) in [5.41, 5.74) is 6.20. The first-order valence-electron chi connectivity index (χ1n) is 12.7. The van der Waals surface area contributed by atoms with Gasteiger partial charge >= 0.3 is 0 Å². The van der Waals surface area contributed by atoms with E-state index in [1.807, 2.05) is 0 Å². The van der Waals surface area contributed by atoms with Crippen molar-refractivity contribution in [3.05, 3.63) is 34.4 Å². The second kappa shape index (κ2) is 7.24. The van der Waals surface area contributed by atoms with Gasteiger partial charge in [0.1, 0.15) is 0 Å². The van der Waals surface area contributed by atoms with Gasteiger partial charge in [-0.05, 0) is 93.9 Å². The van der Waals surface area contributed by atoms with E-state index in [4.69, 9.17) is 14.2 Å². The van der Waals surface area contributed by atoms with Crippen LogP contribution >= 0.6 is 0 Å². The standard InChI is InChI=1S/C28H39NO3/c1-15-24-16(2)26-20(25(15)27(24)26)14-31-23-11-17-9-10-29-13-18(32-28(3,4)5)7-8-21(29)19(17)12-22(23)30-6/h11-12,15,18,20-21,24-25,27H,7-10,13-14H2,1-6H3. The van der Waals surface area contributed by atoms with Gasteiger partial charge in [-0.3, -0.25) is 4.90 Å². The number of piperidine rings is 1. The Morgan fingerprint density at radius 3 is 2.59 bits per heavy atom. The number of allylic oxidation sites excluding steroid dienone is 1. The first-order chi connectivity index (χ1) is 15.3. The van der Waals surface area contributed by atoms with Crippen molar-refractivity contribution in [1.29, 1.82) is 0 Å². The van der Waals surface area contributed by atoms with Crippen molar-refractivity contribution < 1.29 is 14.2 Å². The highest BCUT2D eigenvalue weighted by Gasteiger charge is 2.68. The van der Waals surface area contributed by atoms with E-state index < -0.39 is 0 Å². The molecule has 0 spiro atoms. The molecule has 4 nitrogen and oxygen atoms in total. The lowest BCUT2D eigenvalue weighted by molar-refractivity contribution is -0.117. The molecule has 6 rings (SSSR count). The summed E-state index contributed by atoms with van der Waals surface area (Å²) >= 11 is 0. The van der Waals surface area contributed by atoms with E-state index in [1.54, 1.807) is 18.3 Å². The summed E-state index contributed by atoms with van der Waals surface area (Å²) < 4.78 is 18.6. The molecule has 4 heteroatoms. The Balaban J connectivity index is 1.17. The third-order valence-corrected chi connectivity index (χ3v) is 9.19. The van der Waals surface area contributed by atoms with Crippen LogP contribution in [0.3, 0.4) is 0 Å². The molecule has 7 unspecified atom stereocenters. The fourth-order valence-corrected chi connectivity index (χ4v) is 7.92. The van der Waals surface area contributed by atoms with Crippen LogP contribution in [0.15, 0.2) is 23.3 Å². The van der Waals surface area contributed by atoms with Gasteiger partial charge in [0.25, 0.3) is 0 Å². The maximum Gasteiger partial charge on any atom is 0.161 e. The summed E-state index contributed by atoms with van der Waals surface area (Å²) in [6.45, 7) is 14.2. The summed E-state index contributed by atoms with van der Waals surface area (Å²) in [6, 6.07) is 5.03. The van der Waals surface area contributed by atoms with Gasteiger partial charge in [-0.15, -0.1) is 0 Å². The monoisotopic (exact) mass is 437 g/mol. The molecule has 0 bridgehead atoms. The van der Waals surface area contributed by atoms with Crippen LogP contribution in [0.1, 0.15) is 64.6 Å². The van der Waals surface area contributed by atoms with Crippen LogP contribution in [-0.2, 0) is 11.2 Å². The molecule has 1 aromatic carbocycles. The van der Waals surface area contributed by atoms with Crippen molar-refractivity contribution in [1.82, 2.24) is 4.90 Å². The maximum atomic E-state index is 6.46. The van der Waals surface area contributed by atoms with Crippen LogP contribution in [0.5, 0.6) is 11.5 Å². The van der Waals surface area contributed by atoms with Gasteiger partial charge in [-0.1, -0.05) is 18.1 Å². The van der Waals surface area contributed by atoms with Crippen LogP contribution < -0.4 is 9.47 Å². The van der Waals surface area contributed by atoms with Gasteiger partial charge in [-0.25, -0.2) is 0 Å². The lowest BCUT2D eigenvalue weighted by Gasteiger charge is -2.72. The molecule has 2 aliphatic heterocycles. The van der Waals surface area contributed by atoms with Crippen LogP contribution in [0, 0.1) is 29.6 Å². The van der Waals surface area contributed by atoms with Gasteiger partial charge in [0.05, 0.1) is 25.4 Å². The molecule has 3 fully saturated rings. The zero-order chi connectivity index (χ0) is 22.4. The van der Waals surface area contributed by atoms with Crippen molar-refractivity contribution in [3.8, 4) is 11.5 Å². The second-order valence-corrected chi connectivity index (χ2v) is 11.9. The summed E-state index contributed by atoms with van der Waals surface area (Å²) in [7, 11) is 1.78. The van der Waals surface area contributed by atoms with E-state index in [9.17, 15) is 0 Å². The van der Waals surface area contributed by atoms with E-state index in [0.717, 1.165) is 74.1 Å². The summed E-state index contributed by atoms with van der Waals surface area (Å²) in [5.74, 6) is 5.99. The molecule has 174 valence electrons. The van der Waals surface area contributed by atoms with E-state index in [1.165, 1.54) is 11.1 Å². The smallest absolute Gasteiger partial charge is 0.161 e. The van der Waals surface area contributed by atoms with Gasteiger partial charge in [-0.2, -0.15) is 0 Å². The van der Waals surface area contributed by atoms with Gasteiger partial charge in [0.15, 0.2) is 11.5 Å². The Hall–Kier alpha value is -1.52. The Morgan fingerprint density at radius 1 is 1.09 bits per heavy atom. The van der Waals surface area contributed by atoms with Crippen LogP contribution in [0.4, 0.5) is 0 Å². The Labute approximate surface area is 193 Å². The molecule has 1 saturated heterocycles. The number of rotatable bonds is 5. The first kappa shape index (κ1) is 21.0. The molecule has 0 radical (unpaired) electrons. The highest BCUT2D eigenvalue weighted by Crippen LogP contribution is 2.74. The topological polar surface area (TPSA) is 30.9 Å². The molecular weight excluding hydrogens is 398 g/mol. The molecule has 5 aliphatic rings. The lowest BCUT2D eigenvalue weighted by Crippen LogP contribution is -2.67. The number of hydrogen-bond acceptors (Lipinski definition) is 4. The molecule has 2 saturated carbocycles. The SMILES string of the molecule is COc1cc2c(cc1OCC1C3=C(C)C4C(C)C1C34)CCN1CC(OC(C)(C)C)CCC21. The minimum absolute atomic E-state index is 0.0760. The summed E-state index contributed by atoms with van der Waals surface area (Å²) in [5, 5.41) is 0. The normalized spacial score (nSPS) is 37.4. The molecule has 2 heterocycles. The maximum absolute atomic E-state index is 6.46. The average molecular weight is 438 g/mol. The number of nitrogens with zero attached hydrogens (tertiary/aromatic N) is 1. The van der Waals surface area contributed by atoms with Crippen molar-refractivity contribution in [2.45, 2.75) is 71.6 Å². The Morgan fingerprint density at radius 2 is 1.91 bits per heavy atom. The van der Waals surface area contributed by atoms with Crippen molar-refractivity contribution in [3.63, 3.8) is 0 Å². The number of methoxy groups -OCH3 is 1. The molecule has 1 aromatic rings. The predicted octanol–water partition coefficient (Wildman–Crippen LogP) is 5.41. The zero-order valence-electron chi connectivity index (χ0n) is 20.6. The highest BCUT2D eigenvalue weighted by molar-refractivity contribution is 5.51. The fourth-order valence-electron chi connectivity index (χ4n) is 7.92. The lowest BCUT2D eigenvalue weighted by atomic mass is 9.32. The molecule has 32 heavy (non-hydrogen) atoms. The first-order valence-corrected chi connectivity index (χ1v) is 12.7. The Kier molecular flexibility index (Phi) is 4.76. The molecular formula is C28H39NO3. The molecule has 7 atom stereocenters. The second-order valence-electron chi connectivity index (χ2n) is 11.9. The predicted molar refractivity (Wildman–Crippen MR) is 126 cm³/mol. The number of fused-ring (bicyclic) bond motifs is 3. The molecule has 0 N–H and O–H groups in total. The van der Waals surface area contributed by atoms with Crippen LogP contribution in [0.2, 0.25) is 0 Å². The van der Waals surface area contributed by atoms with Crippen molar-refractivity contribution in [2.75, 3.05) is 26.8 Å². The van der Waals surface area contributed by atoms with Gasteiger partial charge in [0.2, 0.25) is 0 Å². The minimum Gasteiger partial charge on any atom is -0.493 e. The zero-order valence-corrected chi connectivity index (χ0v) is 20.6. The number of benzene rings is 1. The van der Waals surface area contributed by atoms with E-state index in [2.05, 4.69) is 51.7 Å². The van der Waals surface area contributed by atoms with E-state index >= 15 is 0 Å². The van der Waals surface area contributed by atoms with E-state index in [-0.39, 0.29) is 5.60 Å². The van der Waals surface area contributed by atoms with E-state index in [0.29, 0.717) is 18.1 Å². The third kappa shape index (κ3) is 3.01. The average Bonchev–Trinajstić information content (AvgIpc) is 2.72. The number of ether oxygens (including phenoxy) is 3.